The number of anilines is 1. The van der Waals surface area contributed by atoms with E-state index < -0.39 is 0 Å². The van der Waals surface area contributed by atoms with Gasteiger partial charge in [-0.2, -0.15) is 0 Å². The van der Waals surface area contributed by atoms with Crippen LogP contribution in [0.15, 0.2) is 40.8 Å². The van der Waals surface area contributed by atoms with Gasteiger partial charge in [0.1, 0.15) is 5.82 Å². The maximum absolute atomic E-state index is 13.6. The van der Waals surface area contributed by atoms with Crippen molar-refractivity contribution < 1.29 is 4.39 Å². The number of aromatic nitrogens is 1. The van der Waals surface area contributed by atoms with E-state index in [4.69, 9.17) is 5.73 Å². The van der Waals surface area contributed by atoms with Gasteiger partial charge in [0.2, 0.25) is 0 Å². The van der Waals surface area contributed by atoms with Crippen molar-refractivity contribution in [3.8, 4) is 0 Å². The molecule has 2 heterocycles. The van der Waals surface area contributed by atoms with Crippen LogP contribution in [0.1, 0.15) is 5.56 Å². The lowest BCUT2D eigenvalue weighted by Crippen LogP contribution is -2.51. The zero-order valence-electron chi connectivity index (χ0n) is 12.6. The highest BCUT2D eigenvalue weighted by molar-refractivity contribution is 14.0. The number of nitrogens with two attached hydrogens (primary N) is 1. The van der Waals surface area contributed by atoms with Crippen LogP contribution in [0, 0.1) is 5.82 Å². The smallest absolute Gasteiger partial charge is 0.191 e. The molecule has 0 saturated carbocycles. The van der Waals surface area contributed by atoms with Crippen molar-refractivity contribution in [1.82, 2.24) is 9.88 Å². The minimum atomic E-state index is -0.243. The van der Waals surface area contributed by atoms with Crippen molar-refractivity contribution in [2.24, 2.45) is 10.7 Å². The van der Waals surface area contributed by atoms with Crippen molar-refractivity contribution in [2.75, 3.05) is 31.1 Å². The number of hydrogen-bond donors (Lipinski definition) is 1. The second-order valence-electron chi connectivity index (χ2n) is 5.05. The molecule has 3 rings (SSSR count). The molecule has 1 aliphatic rings. The molecule has 5 nitrogen and oxygen atoms in total. The molecule has 1 aromatic carbocycles. The first kappa shape index (κ1) is 17.9. The number of aliphatic imine (C=N–C) groups is 1. The number of piperazine rings is 1. The highest BCUT2D eigenvalue weighted by Gasteiger charge is 2.19. The fraction of sp³-hybridized carbons (Fsp3) is 0.333. The average Bonchev–Trinajstić information content (AvgIpc) is 3.08. The number of thiazole rings is 1. The normalized spacial score (nSPS) is 15.4. The molecule has 2 N–H and O–H groups in total. The fourth-order valence-electron chi connectivity index (χ4n) is 2.39. The van der Waals surface area contributed by atoms with Crippen LogP contribution in [0.4, 0.5) is 9.52 Å². The Balaban J connectivity index is 0.00000192. The number of halogens is 2. The lowest BCUT2D eigenvalue weighted by Gasteiger charge is -2.35. The highest BCUT2D eigenvalue weighted by atomic mass is 127. The van der Waals surface area contributed by atoms with Crippen LogP contribution in [-0.2, 0) is 6.54 Å². The Morgan fingerprint density at radius 3 is 2.65 bits per heavy atom. The van der Waals surface area contributed by atoms with Gasteiger partial charge in [-0.25, -0.2) is 14.4 Å². The van der Waals surface area contributed by atoms with Gasteiger partial charge in [0, 0.05) is 43.3 Å². The van der Waals surface area contributed by atoms with Crippen LogP contribution in [0.2, 0.25) is 0 Å². The van der Waals surface area contributed by atoms with Crippen molar-refractivity contribution in [3.05, 3.63) is 47.2 Å². The Morgan fingerprint density at radius 2 is 2.00 bits per heavy atom. The fourth-order valence-corrected chi connectivity index (χ4v) is 3.09. The molecular weight excluding hydrogens is 428 g/mol. The van der Waals surface area contributed by atoms with Crippen LogP contribution in [0.25, 0.3) is 0 Å². The van der Waals surface area contributed by atoms with Crippen LogP contribution >= 0.6 is 35.3 Å². The zero-order chi connectivity index (χ0) is 15.4. The summed E-state index contributed by atoms with van der Waals surface area (Å²) in [5, 5.41) is 3.02. The van der Waals surface area contributed by atoms with Crippen molar-refractivity contribution in [2.45, 2.75) is 6.54 Å². The molecule has 8 heteroatoms. The predicted molar refractivity (Wildman–Crippen MR) is 103 cm³/mol. The molecule has 0 spiro atoms. The van der Waals surface area contributed by atoms with Gasteiger partial charge in [-0.1, -0.05) is 18.2 Å². The molecule has 0 radical (unpaired) electrons. The number of benzene rings is 1. The van der Waals surface area contributed by atoms with Gasteiger partial charge < -0.3 is 15.5 Å². The summed E-state index contributed by atoms with van der Waals surface area (Å²) in [4.78, 5) is 12.9. The van der Waals surface area contributed by atoms with Crippen LogP contribution in [0.5, 0.6) is 0 Å². The number of guanidine groups is 1. The Hall–Kier alpha value is -1.42. The molecule has 0 bridgehead atoms. The summed E-state index contributed by atoms with van der Waals surface area (Å²) >= 11 is 1.64. The second-order valence-corrected chi connectivity index (χ2v) is 5.93. The molecule has 0 aliphatic carbocycles. The standard InChI is InChI=1S/C15H18FN5S.HI/c16-13-4-2-1-3-12(13)11-19-14(17)20-6-8-21(9-7-20)15-18-5-10-22-15;/h1-5,10H,6-9,11H2,(H2,17,19);1H. The average molecular weight is 447 g/mol. The maximum atomic E-state index is 13.6. The summed E-state index contributed by atoms with van der Waals surface area (Å²) in [6.07, 6.45) is 1.82. The zero-order valence-corrected chi connectivity index (χ0v) is 15.7. The summed E-state index contributed by atoms with van der Waals surface area (Å²) < 4.78 is 13.6. The van der Waals surface area contributed by atoms with E-state index in [1.54, 1.807) is 29.5 Å². The monoisotopic (exact) mass is 447 g/mol. The third-order valence-electron chi connectivity index (χ3n) is 3.66. The third kappa shape index (κ3) is 4.54. The van der Waals surface area contributed by atoms with E-state index in [0.717, 1.165) is 31.3 Å². The summed E-state index contributed by atoms with van der Waals surface area (Å²) in [6.45, 7) is 3.59. The predicted octanol–water partition coefficient (Wildman–Crippen LogP) is 2.54. The van der Waals surface area contributed by atoms with E-state index in [1.807, 2.05) is 16.5 Å². The van der Waals surface area contributed by atoms with Crippen LogP contribution < -0.4 is 10.6 Å². The van der Waals surface area contributed by atoms with Gasteiger partial charge >= 0.3 is 0 Å². The summed E-state index contributed by atoms with van der Waals surface area (Å²) in [5.74, 6) is 0.231. The molecule has 1 aromatic heterocycles. The van der Waals surface area contributed by atoms with Crippen molar-refractivity contribution in [3.63, 3.8) is 0 Å². The largest absolute Gasteiger partial charge is 0.370 e. The van der Waals surface area contributed by atoms with Crippen LogP contribution in [0.3, 0.4) is 0 Å². The number of hydrogen-bond acceptors (Lipinski definition) is 4. The SMILES string of the molecule is I.NC(=NCc1ccccc1F)N1CCN(c2nccs2)CC1. The summed E-state index contributed by atoms with van der Waals surface area (Å²) in [7, 11) is 0. The molecule has 23 heavy (non-hydrogen) atoms. The molecule has 0 unspecified atom stereocenters. The van der Waals surface area contributed by atoms with E-state index in [9.17, 15) is 4.39 Å². The first-order valence-corrected chi connectivity index (χ1v) is 8.05. The van der Waals surface area contributed by atoms with Crippen molar-refractivity contribution >= 4 is 46.4 Å². The first-order chi connectivity index (χ1) is 10.7. The van der Waals surface area contributed by atoms with E-state index in [2.05, 4.69) is 14.9 Å². The number of rotatable bonds is 3. The van der Waals surface area contributed by atoms with E-state index in [-0.39, 0.29) is 36.3 Å². The topological polar surface area (TPSA) is 57.8 Å². The Bertz CT molecular complexity index is 641. The highest BCUT2D eigenvalue weighted by Crippen LogP contribution is 2.18. The maximum Gasteiger partial charge on any atom is 0.191 e. The summed E-state index contributed by atoms with van der Waals surface area (Å²) in [5.41, 5.74) is 6.59. The lowest BCUT2D eigenvalue weighted by atomic mass is 10.2. The Kier molecular flexibility index (Phi) is 6.58. The Morgan fingerprint density at radius 1 is 1.26 bits per heavy atom. The molecule has 1 aliphatic heterocycles. The second kappa shape index (κ2) is 8.44. The van der Waals surface area contributed by atoms with E-state index in [1.165, 1.54) is 6.07 Å². The minimum Gasteiger partial charge on any atom is -0.370 e. The molecular formula is C15H19FIN5S. The summed E-state index contributed by atoms with van der Waals surface area (Å²) in [6, 6.07) is 6.64. The Labute approximate surface area is 156 Å². The molecule has 2 aromatic rings. The van der Waals surface area contributed by atoms with Crippen molar-refractivity contribution in [1.29, 1.82) is 0 Å². The van der Waals surface area contributed by atoms with Gasteiger partial charge in [0.15, 0.2) is 11.1 Å². The van der Waals surface area contributed by atoms with Gasteiger partial charge in [-0.15, -0.1) is 35.3 Å². The van der Waals surface area contributed by atoms with Gasteiger partial charge in [0.25, 0.3) is 0 Å². The minimum absolute atomic E-state index is 0. The van der Waals surface area contributed by atoms with E-state index >= 15 is 0 Å². The molecule has 0 atom stereocenters. The number of nitrogens with zero attached hydrogens (tertiary/aromatic N) is 4. The molecule has 1 fully saturated rings. The van der Waals surface area contributed by atoms with E-state index in [0.29, 0.717) is 11.5 Å². The first-order valence-electron chi connectivity index (χ1n) is 7.17. The van der Waals surface area contributed by atoms with Crippen LogP contribution in [-0.4, -0.2) is 42.0 Å². The third-order valence-corrected chi connectivity index (χ3v) is 4.49. The van der Waals surface area contributed by atoms with Gasteiger partial charge in [0.05, 0.1) is 6.54 Å². The quantitative estimate of drug-likeness (QED) is 0.447. The van der Waals surface area contributed by atoms with Gasteiger partial charge in [-0.05, 0) is 6.07 Å². The lowest BCUT2D eigenvalue weighted by molar-refractivity contribution is 0.380. The molecule has 0 amide bonds. The molecule has 1 saturated heterocycles. The van der Waals surface area contributed by atoms with Gasteiger partial charge in [-0.3, -0.25) is 0 Å². The molecule has 124 valence electrons.